The fraction of sp³-hybridized carbons (Fsp3) is 0.667. The van der Waals surface area contributed by atoms with Gasteiger partial charge in [0.15, 0.2) is 0 Å². The van der Waals surface area contributed by atoms with Crippen LogP contribution in [0.2, 0.25) is 0 Å². The van der Waals surface area contributed by atoms with E-state index in [4.69, 9.17) is 0 Å². The molecule has 0 aromatic rings. The van der Waals surface area contributed by atoms with Crippen LogP contribution in [0.25, 0.3) is 0 Å². The van der Waals surface area contributed by atoms with Crippen molar-refractivity contribution in [3.05, 3.63) is 24.3 Å². The lowest BCUT2D eigenvalue weighted by atomic mass is 9.99. The van der Waals surface area contributed by atoms with Crippen molar-refractivity contribution in [3.8, 4) is 0 Å². The van der Waals surface area contributed by atoms with Crippen molar-refractivity contribution in [2.75, 3.05) is 20.6 Å². The normalized spacial score (nSPS) is 23.2. The van der Waals surface area contributed by atoms with Crippen LogP contribution < -0.4 is 0 Å². The molecule has 13 heavy (non-hydrogen) atoms. The van der Waals surface area contributed by atoms with Crippen LogP contribution >= 0.6 is 0 Å². The van der Waals surface area contributed by atoms with Crippen molar-refractivity contribution < 1.29 is 4.48 Å². The van der Waals surface area contributed by atoms with Crippen molar-refractivity contribution >= 4 is 0 Å². The van der Waals surface area contributed by atoms with Crippen LogP contribution in [-0.4, -0.2) is 31.2 Å². The molecule has 0 fully saturated rings. The summed E-state index contributed by atoms with van der Waals surface area (Å²) in [7, 11) is 4.60. The summed E-state index contributed by atoms with van der Waals surface area (Å²) >= 11 is 0. The standard InChI is InChI=1S/C12H22N/c1-11(2)10-13(3,4)12-8-6-5-7-9-12/h6,8,12H,1,5,7,9-10H2,2-4H3/q+1/t12-/m1/s1. The highest BCUT2D eigenvalue weighted by atomic mass is 15.3. The lowest BCUT2D eigenvalue weighted by Crippen LogP contribution is -2.49. The lowest BCUT2D eigenvalue weighted by Gasteiger charge is -2.38. The maximum atomic E-state index is 4.00. The van der Waals surface area contributed by atoms with E-state index in [-0.39, 0.29) is 0 Å². The van der Waals surface area contributed by atoms with E-state index in [9.17, 15) is 0 Å². The molecule has 0 bridgehead atoms. The molecule has 0 unspecified atom stereocenters. The Morgan fingerprint density at radius 3 is 2.69 bits per heavy atom. The summed E-state index contributed by atoms with van der Waals surface area (Å²) in [6, 6.07) is 0.699. The van der Waals surface area contributed by atoms with Crippen LogP contribution in [0.4, 0.5) is 0 Å². The second-order valence-electron chi connectivity index (χ2n) is 4.82. The Morgan fingerprint density at radius 1 is 1.54 bits per heavy atom. The summed E-state index contributed by atoms with van der Waals surface area (Å²) < 4.78 is 1.06. The Bertz CT molecular complexity index is 213. The summed E-state index contributed by atoms with van der Waals surface area (Å²) in [6.07, 6.45) is 8.65. The molecule has 0 spiro atoms. The van der Waals surface area contributed by atoms with Gasteiger partial charge >= 0.3 is 0 Å². The van der Waals surface area contributed by atoms with E-state index in [0.29, 0.717) is 6.04 Å². The minimum absolute atomic E-state index is 0.699. The van der Waals surface area contributed by atoms with Crippen molar-refractivity contribution in [2.24, 2.45) is 0 Å². The first-order valence-corrected chi connectivity index (χ1v) is 5.16. The fourth-order valence-electron chi connectivity index (χ4n) is 2.19. The van der Waals surface area contributed by atoms with Crippen LogP contribution in [0, 0.1) is 0 Å². The molecule has 0 saturated heterocycles. The largest absolute Gasteiger partial charge is 0.319 e. The smallest absolute Gasteiger partial charge is 0.107 e. The average molecular weight is 180 g/mol. The second-order valence-corrected chi connectivity index (χ2v) is 4.82. The van der Waals surface area contributed by atoms with Crippen molar-refractivity contribution in [2.45, 2.75) is 32.2 Å². The molecule has 0 radical (unpaired) electrons. The number of hydrogen-bond acceptors (Lipinski definition) is 0. The molecule has 0 aliphatic heterocycles. The van der Waals surface area contributed by atoms with Crippen molar-refractivity contribution in [1.29, 1.82) is 0 Å². The summed E-state index contributed by atoms with van der Waals surface area (Å²) in [5.74, 6) is 0. The van der Waals surface area contributed by atoms with E-state index in [1.54, 1.807) is 0 Å². The van der Waals surface area contributed by atoms with Crippen LogP contribution in [-0.2, 0) is 0 Å². The van der Waals surface area contributed by atoms with Gasteiger partial charge in [-0.15, -0.1) is 0 Å². The third-order valence-corrected chi connectivity index (χ3v) is 2.80. The Balaban J connectivity index is 2.61. The molecule has 0 amide bonds. The van der Waals surface area contributed by atoms with Crippen molar-refractivity contribution in [3.63, 3.8) is 0 Å². The lowest BCUT2D eigenvalue weighted by molar-refractivity contribution is -0.904. The average Bonchev–Trinajstić information content (AvgIpc) is 2.04. The zero-order chi connectivity index (χ0) is 9.90. The molecule has 0 saturated carbocycles. The maximum Gasteiger partial charge on any atom is 0.107 e. The van der Waals surface area contributed by atoms with E-state index in [1.807, 2.05) is 0 Å². The number of nitrogens with zero attached hydrogens (tertiary/aromatic N) is 1. The highest BCUT2D eigenvalue weighted by molar-refractivity contribution is 4.96. The molecular weight excluding hydrogens is 158 g/mol. The molecule has 0 heterocycles. The summed E-state index contributed by atoms with van der Waals surface area (Å²) in [4.78, 5) is 0. The molecule has 0 N–H and O–H groups in total. The number of hydrogen-bond donors (Lipinski definition) is 0. The topological polar surface area (TPSA) is 0 Å². The summed E-state index contributed by atoms with van der Waals surface area (Å²) in [6.45, 7) is 7.21. The summed E-state index contributed by atoms with van der Waals surface area (Å²) in [5, 5.41) is 0. The van der Waals surface area contributed by atoms with E-state index >= 15 is 0 Å². The van der Waals surface area contributed by atoms with Gasteiger partial charge in [-0.1, -0.05) is 12.7 Å². The zero-order valence-corrected chi connectivity index (χ0v) is 9.21. The highest BCUT2D eigenvalue weighted by Crippen LogP contribution is 2.21. The molecule has 1 aliphatic rings. The van der Waals surface area contributed by atoms with Gasteiger partial charge in [-0.05, 0) is 31.4 Å². The van der Waals surface area contributed by atoms with E-state index < -0.39 is 0 Å². The highest BCUT2D eigenvalue weighted by Gasteiger charge is 2.26. The molecule has 1 aliphatic carbocycles. The minimum Gasteiger partial charge on any atom is -0.319 e. The molecule has 74 valence electrons. The Kier molecular flexibility index (Phi) is 3.32. The predicted octanol–water partition coefficient (Wildman–Crippen LogP) is 2.75. The van der Waals surface area contributed by atoms with Gasteiger partial charge in [0.1, 0.15) is 6.04 Å². The number of allylic oxidation sites excluding steroid dienone is 1. The number of likely N-dealkylation sites (N-methyl/N-ethyl adjacent to an activating group) is 1. The van der Waals surface area contributed by atoms with Gasteiger partial charge in [-0.2, -0.15) is 0 Å². The SMILES string of the molecule is C=C(C)C[N+](C)(C)[C@@H]1C=CCCC1. The zero-order valence-electron chi connectivity index (χ0n) is 9.21. The van der Waals surface area contributed by atoms with E-state index in [0.717, 1.165) is 11.0 Å². The van der Waals surface area contributed by atoms with Gasteiger partial charge in [0, 0.05) is 6.42 Å². The second kappa shape index (κ2) is 4.10. The fourth-order valence-corrected chi connectivity index (χ4v) is 2.19. The van der Waals surface area contributed by atoms with Gasteiger partial charge in [0.25, 0.3) is 0 Å². The first-order valence-electron chi connectivity index (χ1n) is 5.16. The number of rotatable bonds is 3. The summed E-state index contributed by atoms with van der Waals surface area (Å²) in [5.41, 5.74) is 1.28. The Labute approximate surface area is 82.3 Å². The molecule has 1 atom stereocenters. The molecule has 0 aromatic carbocycles. The monoisotopic (exact) mass is 180 g/mol. The predicted molar refractivity (Wildman–Crippen MR) is 58.6 cm³/mol. The van der Waals surface area contributed by atoms with Gasteiger partial charge in [-0.25, -0.2) is 0 Å². The first kappa shape index (κ1) is 10.5. The van der Waals surface area contributed by atoms with Gasteiger partial charge < -0.3 is 4.48 Å². The molecular formula is C12H22N+. The third-order valence-electron chi connectivity index (χ3n) is 2.80. The minimum atomic E-state index is 0.699. The third kappa shape index (κ3) is 3.00. The molecule has 1 rings (SSSR count). The van der Waals surface area contributed by atoms with Crippen LogP contribution in [0.5, 0.6) is 0 Å². The Morgan fingerprint density at radius 2 is 2.23 bits per heavy atom. The quantitative estimate of drug-likeness (QED) is 0.463. The van der Waals surface area contributed by atoms with E-state index in [1.165, 1.54) is 24.8 Å². The van der Waals surface area contributed by atoms with Crippen LogP contribution in [0.1, 0.15) is 26.2 Å². The van der Waals surface area contributed by atoms with Gasteiger partial charge in [0.2, 0.25) is 0 Å². The molecule has 0 aromatic heterocycles. The maximum absolute atomic E-state index is 4.00. The van der Waals surface area contributed by atoms with Crippen molar-refractivity contribution in [1.82, 2.24) is 0 Å². The molecule has 1 heteroatoms. The van der Waals surface area contributed by atoms with E-state index in [2.05, 4.69) is 39.8 Å². The van der Waals surface area contributed by atoms with Crippen LogP contribution in [0.3, 0.4) is 0 Å². The number of quaternary nitrogens is 1. The van der Waals surface area contributed by atoms with Gasteiger partial charge in [0.05, 0.1) is 20.6 Å². The Hall–Kier alpha value is -0.560. The first-order chi connectivity index (χ1) is 6.02. The van der Waals surface area contributed by atoms with Gasteiger partial charge in [-0.3, -0.25) is 0 Å². The van der Waals surface area contributed by atoms with Crippen LogP contribution in [0.15, 0.2) is 24.3 Å². The molecule has 1 nitrogen and oxygen atoms in total.